The first-order valence-electron chi connectivity index (χ1n) is 8.73. The van der Waals surface area contributed by atoms with Gasteiger partial charge in [0.2, 0.25) is 11.8 Å². The van der Waals surface area contributed by atoms with E-state index in [1.54, 1.807) is 0 Å². The van der Waals surface area contributed by atoms with E-state index in [0.717, 1.165) is 16.0 Å². The molecule has 2 aromatic carbocycles. The van der Waals surface area contributed by atoms with Crippen LogP contribution in [0.15, 0.2) is 48.5 Å². The molecule has 1 heterocycles. The fraction of sp³-hybridized carbons (Fsp3) is 0.250. The number of carbonyl (C=O) groups excluding carboxylic acids is 3. The molecule has 1 saturated heterocycles. The number of anilines is 1. The Morgan fingerprint density at radius 2 is 1.63 bits per heavy atom. The van der Waals surface area contributed by atoms with Crippen molar-refractivity contribution in [2.75, 3.05) is 4.90 Å². The Bertz CT molecular complexity index is 1050. The van der Waals surface area contributed by atoms with Gasteiger partial charge in [-0.2, -0.15) is 0 Å². The summed E-state index contributed by atoms with van der Waals surface area (Å²) in [6.45, 7) is 0. The van der Waals surface area contributed by atoms with E-state index in [9.17, 15) is 24.5 Å². The summed E-state index contributed by atoms with van der Waals surface area (Å²) in [5.74, 6) is -3.07. The molecule has 2 bridgehead atoms. The van der Waals surface area contributed by atoms with Crippen molar-refractivity contribution in [1.82, 2.24) is 0 Å². The van der Waals surface area contributed by atoms with Gasteiger partial charge in [-0.15, -0.1) is 0 Å². The molecule has 0 unspecified atom stereocenters. The fourth-order valence-corrected chi connectivity index (χ4v) is 4.96. The summed E-state index contributed by atoms with van der Waals surface area (Å²) >= 11 is 0. The predicted octanol–water partition coefficient (Wildman–Crippen LogP) is 2.55. The van der Waals surface area contributed by atoms with E-state index < -0.39 is 28.6 Å². The first kappa shape index (κ1) is 15.9. The Morgan fingerprint density at radius 1 is 0.926 bits per heavy atom. The van der Waals surface area contributed by atoms with Crippen LogP contribution in [0, 0.1) is 22.0 Å². The number of nitro groups is 1. The van der Waals surface area contributed by atoms with E-state index >= 15 is 0 Å². The monoisotopic (exact) mass is 362 g/mol. The number of Topliss-reactive ketones (excluding diaryl/α,β-unsaturated/α-hetero) is 1. The van der Waals surface area contributed by atoms with E-state index in [1.165, 1.54) is 24.3 Å². The normalized spacial score (nSPS) is 28.3. The molecule has 6 rings (SSSR count). The third kappa shape index (κ3) is 1.99. The van der Waals surface area contributed by atoms with Crippen LogP contribution in [0.25, 0.3) is 0 Å². The number of rotatable bonds is 2. The summed E-state index contributed by atoms with van der Waals surface area (Å²) in [4.78, 5) is 50.5. The van der Waals surface area contributed by atoms with Crippen LogP contribution in [0.5, 0.6) is 0 Å². The van der Waals surface area contributed by atoms with Crippen molar-refractivity contribution < 1.29 is 19.3 Å². The number of ketones is 1. The average Bonchev–Trinajstić information content (AvgIpc) is 2.94. The highest BCUT2D eigenvalue weighted by atomic mass is 16.6. The van der Waals surface area contributed by atoms with Crippen LogP contribution in [0.2, 0.25) is 0 Å². The molecule has 27 heavy (non-hydrogen) atoms. The van der Waals surface area contributed by atoms with Crippen LogP contribution in [-0.2, 0) is 14.4 Å². The van der Waals surface area contributed by atoms with Crippen LogP contribution < -0.4 is 4.90 Å². The van der Waals surface area contributed by atoms with Gasteiger partial charge in [0.05, 0.1) is 28.4 Å². The Morgan fingerprint density at radius 3 is 2.37 bits per heavy atom. The lowest BCUT2D eigenvalue weighted by atomic mass is 9.56. The summed E-state index contributed by atoms with van der Waals surface area (Å²) in [7, 11) is 0. The van der Waals surface area contributed by atoms with Crippen molar-refractivity contribution >= 4 is 29.0 Å². The lowest BCUT2D eigenvalue weighted by Crippen LogP contribution is -2.44. The molecule has 0 aromatic heterocycles. The molecular formula is C20H14N2O5. The van der Waals surface area contributed by atoms with Gasteiger partial charge in [0.15, 0.2) is 0 Å². The summed E-state index contributed by atoms with van der Waals surface area (Å²) < 4.78 is 0. The zero-order chi connectivity index (χ0) is 18.9. The maximum atomic E-state index is 13.2. The molecule has 7 heteroatoms. The first-order valence-corrected chi connectivity index (χ1v) is 8.73. The van der Waals surface area contributed by atoms with Gasteiger partial charge in [-0.3, -0.25) is 24.5 Å². The van der Waals surface area contributed by atoms with Crippen molar-refractivity contribution in [3.8, 4) is 0 Å². The smallest absolute Gasteiger partial charge is 0.271 e. The number of non-ortho nitro benzene ring substituents is 1. The Balaban J connectivity index is 1.63. The Hall–Kier alpha value is -3.35. The number of carbonyl (C=O) groups is 3. The van der Waals surface area contributed by atoms with Gasteiger partial charge in [-0.25, -0.2) is 4.90 Å². The second-order valence-corrected chi connectivity index (χ2v) is 7.22. The minimum atomic E-state index is -0.724. The van der Waals surface area contributed by atoms with Crippen molar-refractivity contribution in [2.24, 2.45) is 11.8 Å². The van der Waals surface area contributed by atoms with E-state index in [1.807, 2.05) is 24.3 Å². The van der Waals surface area contributed by atoms with Gasteiger partial charge < -0.3 is 0 Å². The molecule has 2 aromatic rings. The number of hydrogen-bond acceptors (Lipinski definition) is 5. The lowest BCUT2D eigenvalue weighted by Gasteiger charge is -2.43. The van der Waals surface area contributed by atoms with E-state index in [4.69, 9.17) is 0 Å². The molecule has 4 aliphatic rings. The van der Waals surface area contributed by atoms with Crippen molar-refractivity contribution in [3.05, 3.63) is 69.8 Å². The number of nitrogens with zero attached hydrogens (tertiary/aromatic N) is 2. The SMILES string of the molecule is O=C1C[C@H]2c3ccccc3[C@H]1[C@H]1C(=O)N(c3cccc([N+](=O)[O-])c3)C(=O)[C@@H]12. The molecule has 1 saturated carbocycles. The molecule has 0 radical (unpaired) electrons. The average molecular weight is 362 g/mol. The van der Waals surface area contributed by atoms with Gasteiger partial charge in [-0.1, -0.05) is 30.3 Å². The van der Waals surface area contributed by atoms with E-state index in [2.05, 4.69) is 0 Å². The summed E-state index contributed by atoms with van der Waals surface area (Å²) in [6, 6.07) is 13.0. The van der Waals surface area contributed by atoms with Crippen LogP contribution in [0.4, 0.5) is 11.4 Å². The summed E-state index contributed by atoms with van der Waals surface area (Å²) in [5.41, 5.74) is 1.79. The Labute approximate surface area is 153 Å². The molecular weight excluding hydrogens is 348 g/mol. The Kier molecular flexibility index (Phi) is 3.13. The van der Waals surface area contributed by atoms with Gasteiger partial charge in [-0.05, 0) is 17.2 Å². The van der Waals surface area contributed by atoms with E-state index in [-0.39, 0.29) is 35.4 Å². The highest BCUT2D eigenvalue weighted by Gasteiger charge is 2.62. The van der Waals surface area contributed by atoms with Crippen LogP contribution in [0.1, 0.15) is 29.4 Å². The van der Waals surface area contributed by atoms with Crippen molar-refractivity contribution in [2.45, 2.75) is 18.3 Å². The molecule has 134 valence electrons. The molecule has 2 fully saturated rings. The molecule has 4 atom stereocenters. The number of hydrogen-bond donors (Lipinski definition) is 0. The number of fused-ring (bicyclic) bond motifs is 1. The third-order valence-corrected chi connectivity index (χ3v) is 5.99. The highest BCUT2D eigenvalue weighted by Crippen LogP contribution is 2.57. The number of benzene rings is 2. The number of imide groups is 1. The van der Waals surface area contributed by atoms with E-state index in [0.29, 0.717) is 0 Å². The fourth-order valence-electron chi connectivity index (χ4n) is 4.96. The summed E-state index contributed by atoms with van der Waals surface area (Å²) in [5, 5.41) is 11.1. The standard InChI is InChI=1S/C20H14N2O5/c23-15-9-14-12-6-1-2-7-13(12)16(15)18-17(14)19(24)21(20(18)25)10-4-3-5-11(8-10)22(26)27/h1-8,14,16-18H,9H2/t14-,16+,17+,18+/m0/s1. The predicted molar refractivity (Wildman–Crippen MR) is 94.1 cm³/mol. The zero-order valence-electron chi connectivity index (χ0n) is 14.1. The molecule has 3 aliphatic carbocycles. The quantitative estimate of drug-likeness (QED) is 0.465. The van der Waals surface area contributed by atoms with Gasteiger partial charge in [0, 0.05) is 24.5 Å². The maximum absolute atomic E-state index is 13.2. The third-order valence-electron chi connectivity index (χ3n) is 5.99. The van der Waals surface area contributed by atoms with Crippen LogP contribution in [0.3, 0.4) is 0 Å². The largest absolute Gasteiger partial charge is 0.299 e. The molecule has 0 N–H and O–H groups in total. The second-order valence-electron chi connectivity index (χ2n) is 7.22. The minimum Gasteiger partial charge on any atom is -0.299 e. The number of amides is 2. The zero-order valence-corrected chi connectivity index (χ0v) is 14.1. The van der Waals surface area contributed by atoms with Crippen LogP contribution >= 0.6 is 0 Å². The first-order chi connectivity index (χ1) is 13.0. The number of nitro benzene ring substituents is 1. The molecule has 1 aliphatic heterocycles. The summed E-state index contributed by atoms with van der Waals surface area (Å²) in [6.07, 6.45) is 0.255. The minimum absolute atomic E-state index is 0.0120. The van der Waals surface area contributed by atoms with Gasteiger partial charge >= 0.3 is 0 Å². The molecule has 0 spiro atoms. The van der Waals surface area contributed by atoms with Crippen molar-refractivity contribution in [1.29, 1.82) is 0 Å². The molecule has 2 amide bonds. The van der Waals surface area contributed by atoms with Gasteiger partial charge in [0.1, 0.15) is 5.78 Å². The van der Waals surface area contributed by atoms with Crippen molar-refractivity contribution in [3.63, 3.8) is 0 Å². The highest BCUT2D eigenvalue weighted by molar-refractivity contribution is 6.24. The molecule has 7 nitrogen and oxygen atoms in total. The maximum Gasteiger partial charge on any atom is 0.271 e. The van der Waals surface area contributed by atoms with Gasteiger partial charge in [0.25, 0.3) is 5.69 Å². The second kappa shape index (κ2) is 5.33. The van der Waals surface area contributed by atoms with Crippen LogP contribution in [-0.4, -0.2) is 22.5 Å². The lowest BCUT2D eigenvalue weighted by molar-refractivity contribution is -0.384. The topological polar surface area (TPSA) is 97.6 Å².